The number of hydrogen-bond donors (Lipinski definition) is 1. The van der Waals surface area contributed by atoms with Gasteiger partial charge < -0.3 is 10.1 Å². The largest absolute Gasteiger partial charge is 0.496 e. The number of likely N-dealkylation sites (tertiary alicyclic amines) is 1. The fraction of sp³-hybridized carbons (Fsp3) is 0.308. The number of aromatic nitrogens is 4. The molecule has 1 aliphatic rings. The van der Waals surface area contributed by atoms with Crippen molar-refractivity contribution in [3.8, 4) is 5.75 Å². The summed E-state index contributed by atoms with van der Waals surface area (Å²) < 4.78 is 7.46. The summed E-state index contributed by atoms with van der Waals surface area (Å²) in [5, 5.41) is 17.1. The number of hydrogen-bond acceptors (Lipinski definition) is 6. The quantitative estimate of drug-likeness (QED) is 0.439. The Hall–Kier alpha value is -3.78. The summed E-state index contributed by atoms with van der Waals surface area (Å²) in [5.74, 6) is 0.860. The van der Waals surface area contributed by atoms with Crippen LogP contribution >= 0.6 is 0 Å². The van der Waals surface area contributed by atoms with Gasteiger partial charge in [0.25, 0.3) is 0 Å². The molecule has 0 unspecified atom stereocenters. The van der Waals surface area contributed by atoms with Crippen LogP contribution in [0.4, 0.5) is 0 Å². The van der Waals surface area contributed by atoms with Gasteiger partial charge in [-0.3, -0.25) is 9.69 Å². The van der Waals surface area contributed by atoms with Crippen LogP contribution in [0, 0.1) is 0 Å². The molecule has 1 aliphatic heterocycles. The normalized spacial score (nSPS) is 18.3. The molecule has 2 atom stereocenters. The highest BCUT2D eigenvalue weighted by molar-refractivity contribution is 5.88. The summed E-state index contributed by atoms with van der Waals surface area (Å²) >= 11 is 0. The molecule has 8 heteroatoms. The van der Waals surface area contributed by atoms with Crippen molar-refractivity contribution in [2.45, 2.75) is 31.5 Å². The van der Waals surface area contributed by atoms with Crippen LogP contribution in [0.1, 0.15) is 23.6 Å². The maximum absolute atomic E-state index is 13.3. The van der Waals surface area contributed by atoms with Crippen molar-refractivity contribution < 1.29 is 9.53 Å². The second-order valence-electron chi connectivity index (χ2n) is 8.62. The van der Waals surface area contributed by atoms with E-state index in [1.165, 1.54) is 5.56 Å². The van der Waals surface area contributed by atoms with Gasteiger partial charge in [-0.2, -0.15) is 0 Å². The monoisotopic (exact) mass is 456 g/mol. The van der Waals surface area contributed by atoms with Crippen molar-refractivity contribution in [1.29, 1.82) is 0 Å². The molecular formula is C26H28N6O2. The van der Waals surface area contributed by atoms with Crippen LogP contribution in [0.25, 0.3) is 10.8 Å². The Labute approximate surface area is 198 Å². The number of rotatable bonds is 8. The van der Waals surface area contributed by atoms with E-state index in [-0.39, 0.29) is 18.0 Å². The predicted octanol–water partition coefficient (Wildman–Crippen LogP) is 3.01. The Morgan fingerprint density at radius 3 is 2.71 bits per heavy atom. The molecule has 174 valence electrons. The first kappa shape index (κ1) is 22.0. The first-order valence-electron chi connectivity index (χ1n) is 11.6. The number of nitrogens with one attached hydrogen (secondary N) is 1. The molecule has 0 saturated carbocycles. The number of benzene rings is 3. The lowest BCUT2D eigenvalue weighted by atomic mass is 10.0. The lowest BCUT2D eigenvalue weighted by Crippen LogP contribution is -2.43. The van der Waals surface area contributed by atoms with E-state index >= 15 is 0 Å². The zero-order valence-electron chi connectivity index (χ0n) is 19.2. The van der Waals surface area contributed by atoms with Crippen LogP contribution in [0.5, 0.6) is 5.75 Å². The van der Waals surface area contributed by atoms with Crippen LogP contribution in [0.15, 0.2) is 73.1 Å². The molecule has 0 bridgehead atoms. The highest BCUT2D eigenvalue weighted by Crippen LogP contribution is 2.34. The number of nitrogens with zero attached hydrogens (tertiary/aromatic N) is 5. The molecule has 0 spiro atoms. The first-order chi connectivity index (χ1) is 16.7. The van der Waals surface area contributed by atoms with Gasteiger partial charge in [-0.15, -0.1) is 5.10 Å². The highest BCUT2D eigenvalue weighted by atomic mass is 16.5. The van der Waals surface area contributed by atoms with Gasteiger partial charge in [-0.05, 0) is 45.7 Å². The van der Waals surface area contributed by atoms with E-state index < -0.39 is 0 Å². The second kappa shape index (κ2) is 10.0. The topological polar surface area (TPSA) is 85.2 Å². The Kier molecular flexibility index (Phi) is 6.49. The van der Waals surface area contributed by atoms with Crippen LogP contribution in [0.3, 0.4) is 0 Å². The molecule has 0 radical (unpaired) electrons. The molecule has 1 amide bonds. The Balaban J connectivity index is 1.37. The molecule has 5 rings (SSSR count). The fourth-order valence-corrected chi connectivity index (χ4v) is 4.82. The summed E-state index contributed by atoms with van der Waals surface area (Å²) in [6.07, 6.45) is 3.07. The number of carbonyl (C=O) groups excluding carboxylic acids is 1. The van der Waals surface area contributed by atoms with E-state index in [2.05, 4.69) is 56.1 Å². The van der Waals surface area contributed by atoms with Crippen LogP contribution in [-0.4, -0.2) is 57.3 Å². The minimum absolute atomic E-state index is 0.0286. The molecule has 1 N–H and O–H groups in total. The number of carbonyl (C=O) groups is 1. The lowest BCUT2D eigenvalue weighted by Gasteiger charge is -2.25. The van der Waals surface area contributed by atoms with Gasteiger partial charge in [-0.1, -0.05) is 60.7 Å². The summed E-state index contributed by atoms with van der Waals surface area (Å²) in [4.78, 5) is 15.5. The summed E-state index contributed by atoms with van der Waals surface area (Å²) in [6.45, 7) is 1.87. The smallest absolute Gasteiger partial charge is 0.237 e. The van der Waals surface area contributed by atoms with E-state index in [0.29, 0.717) is 26.1 Å². The minimum atomic E-state index is -0.284. The molecule has 1 aromatic heterocycles. The molecule has 8 nitrogen and oxygen atoms in total. The van der Waals surface area contributed by atoms with Gasteiger partial charge in [0.15, 0.2) is 0 Å². The maximum atomic E-state index is 13.3. The van der Waals surface area contributed by atoms with Gasteiger partial charge in [-0.25, -0.2) is 4.68 Å². The average Bonchev–Trinajstić information content (AvgIpc) is 3.55. The predicted molar refractivity (Wildman–Crippen MR) is 129 cm³/mol. The third kappa shape index (κ3) is 4.63. The molecule has 0 aliphatic carbocycles. The van der Waals surface area contributed by atoms with Gasteiger partial charge in [0.05, 0.1) is 19.2 Å². The van der Waals surface area contributed by atoms with Gasteiger partial charge in [0.2, 0.25) is 5.91 Å². The Morgan fingerprint density at radius 2 is 1.91 bits per heavy atom. The van der Waals surface area contributed by atoms with E-state index in [1.54, 1.807) is 18.1 Å². The van der Waals surface area contributed by atoms with E-state index in [4.69, 9.17) is 4.74 Å². The van der Waals surface area contributed by atoms with E-state index in [9.17, 15) is 4.79 Å². The molecular weight excluding hydrogens is 428 g/mol. The zero-order valence-corrected chi connectivity index (χ0v) is 19.2. The minimum Gasteiger partial charge on any atom is -0.496 e. The Bertz CT molecular complexity index is 1240. The van der Waals surface area contributed by atoms with Crippen LogP contribution in [-0.2, 0) is 17.8 Å². The SMILES string of the molecule is COc1ccc2ccccc2c1CN1C[C@H](n2cnnn2)C[C@H]1C(=O)NCCc1ccccc1. The third-order valence-electron chi connectivity index (χ3n) is 6.56. The number of amides is 1. The van der Waals surface area contributed by atoms with Gasteiger partial charge in [0, 0.05) is 25.2 Å². The van der Waals surface area contributed by atoms with Crippen molar-refractivity contribution in [2.75, 3.05) is 20.2 Å². The molecule has 34 heavy (non-hydrogen) atoms. The highest BCUT2D eigenvalue weighted by Gasteiger charge is 2.38. The first-order valence-corrected chi connectivity index (χ1v) is 11.6. The van der Waals surface area contributed by atoms with E-state index in [1.807, 2.05) is 36.4 Å². The van der Waals surface area contributed by atoms with Gasteiger partial charge >= 0.3 is 0 Å². The molecule has 4 aromatic rings. The van der Waals surface area contributed by atoms with Crippen molar-refractivity contribution in [1.82, 2.24) is 30.4 Å². The van der Waals surface area contributed by atoms with Crippen molar-refractivity contribution in [2.24, 2.45) is 0 Å². The zero-order chi connectivity index (χ0) is 23.3. The second-order valence-corrected chi connectivity index (χ2v) is 8.62. The lowest BCUT2D eigenvalue weighted by molar-refractivity contribution is -0.125. The summed E-state index contributed by atoms with van der Waals surface area (Å²) in [6, 6.07) is 22.3. The van der Waals surface area contributed by atoms with Crippen LogP contribution < -0.4 is 10.1 Å². The maximum Gasteiger partial charge on any atom is 0.237 e. The molecule has 1 fully saturated rings. The Morgan fingerprint density at radius 1 is 1.09 bits per heavy atom. The molecule has 2 heterocycles. The van der Waals surface area contributed by atoms with Crippen molar-refractivity contribution in [3.63, 3.8) is 0 Å². The fourth-order valence-electron chi connectivity index (χ4n) is 4.82. The van der Waals surface area contributed by atoms with Crippen molar-refractivity contribution in [3.05, 3.63) is 84.2 Å². The van der Waals surface area contributed by atoms with Gasteiger partial charge in [0.1, 0.15) is 12.1 Å². The molecule has 1 saturated heterocycles. The number of fused-ring (bicyclic) bond motifs is 1. The number of tetrazole rings is 1. The molecule has 3 aromatic carbocycles. The summed E-state index contributed by atoms with van der Waals surface area (Å²) in [7, 11) is 1.69. The standard InChI is InChI=1S/C26H28N6O2/c1-34-25-12-11-20-9-5-6-10-22(20)23(25)17-31-16-21(32-18-28-29-30-32)15-24(31)26(33)27-14-13-19-7-3-2-4-8-19/h2-12,18,21,24H,13-17H2,1H3,(H,27,33)/t21-,24+/m1/s1. The van der Waals surface area contributed by atoms with Crippen molar-refractivity contribution >= 4 is 16.7 Å². The number of ether oxygens (including phenoxy) is 1. The van der Waals surface area contributed by atoms with Crippen LogP contribution in [0.2, 0.25) is 0 Å². The van der Waals surface area contributed by atoms with E-state index in [0.717, 1.165) is 28.5 Å². The number of methoxy groups -OCH3 is 1. The third-order valence-corrected chi connectivity index (χ3v) is 6.56. The summed E-state index contributed by atoms with van der Waals surface area (Å²) in [5.41, 5.74) is 2.29. The average molecular weight is 457 g/mol.